The second-order valence-corrected chi connectivity index (χ2v) is 5.20. The summed E-state index contributed by atoms with van der Waals surface area (Å²) in [5.74, 6) is -0.230. The topological polar surface area (TPSA) is 28.7 Å². The Morgan fingerprint density at radius 3 is 2.36 bits per heavy atom. The Hall–Kier alpha value is -2.94. The van der Waals surface area contributed by atoms with Crippen molar-refractivity contribution in [2.45, 2.75) is 0 Å². The molecule has 0 radical (unpaired) electrons. The molecule has 1 N–H and O–H groups in total. The number of hydrogen-bond acceptors (Lipinski definition) is 1. The second-order valence-electron chi connectivity index (χ2n) is 5.20. The van der Waals surface area contributed by atoms with E-state index in [0.717, 1.165) is 33.3 Å². The molecule has 2 aromatic heterocycles. The summed E-state index contributed by atoms with van der Waals surface area (Å²) in [6.07, 6.45) is 3.78. The van der Waals surface area contributed by atoms with Crippen LogP contribution in [0.4, 0.5) is 4.39 Å². The number of aromatic nitrogens is 2. The van der Waals surface area contributed by atoms with Crippen LogP contribution in [0.25, 0.3) is 33.3 Å². The van der Waals surface area contributed by atoms with E-state index in [1.807, 2.05) is 30.6 Å². The largest absolute Gasteiger partial charge is 0.346 e. The zero-order valence-electron chi connectivity index (χ0n) is 11.8. The van der Waals surface area contributed by atoms with E-state index >= 15 is 0 Å². The summed E-state index contributed by atoms with van der Waals surface area (Å²) in [6.45, 7) is 0. The van der Waals surface area contributed by atoms with Gasteiger partial charge in [-0.1, -0.05) is 42.5 Å². The molecule has 0 atom stereocenters. The van der Waals surface area contributed by atoms with E-state index < -0.39 is 0 Å². The van der Waals surface area contributed by atoms with Crippen molar-refractivity contribution in [3.8, 4) is 22.3 Å². The van der Waals surface area contributed by atoms with Crippen molar-refractivity contribution in [1.29, 1.82) is 0 Å². The molecule has 0 aliphatic heterocycles. The maximum atomic E-state index is 13.1. The third-order valence-corrected chi connectivity index (χ3v) is 3.79. The van der Waals surface area contributed by atoms with E-state index in [2.05, 4.69) is 28.2 Å². The Morgan fingerprint density at radius 2 is 1.59 bits per heavy atom. The lowest BCUT2D eigenvalue weighted by atomic mass is 10.0. The van der Waals surface area contributed by atoms with Gasteiger partial charge in [0.1, 0.15) is 11.5 Å². The molecule has 2 heterocycles. The summed E-state index contributed by atoms with van der Waals surface area (Å²) < 4.78 is 13.1. The lowest BCUT2D eigenvalue weighted by Gasteiger charge is -2.03. The molecule has 4 rings (SSSR count). The van der Waals surface area contributed by atoms with Crippen LogP contribution < -0.4 is 0 Å². The minimum absolute atomic E-state index is 0.230. The van der Waals surface area contributed by atoms with Gasteiger partial charge in [-0.05, 0) is 29.3 Å². The highest BCUT2D eigenvalue weighted by atomic mass is 19.1. The predicted octanol–water partition coefficient (Wildman–Crippen LogP) is 5.04. The number of rotatable bonds is 2. The van der Waals surface area contributed by atoms with Gasteiger partial charge in [0.05, 0.1) is 0 Å². The van der Waals surface area contributed by atoms with E-state index in [1.54, 1.807) is 12.1 Å². The average Bonchev–Trinajstić information content (AvgIpc) is 2.99. The van der Waals surface area contributed by atoms with Crippen LogP contribution in [0.5, 0.6) is 0 Å². The lowest BCUT2D eigenvalue weighted by molar-refractivity contribution is 0.628. The van der Waals surface area contributed by atoms with Gasteiger partial charge in [-0.3, -0.25) is 0 Å². The first-order chi connectivity index (χ1) is 10.8. The van der Waals surface area contributed by atoms with Crippen LogP contribution >= 0.6 is 0 Å². The van der Waals surface area contributed by atoms with E-state index in [1.165, 1.54) is 12.1 Å². The Balaban J connectivity index is 1.88. The molecule has 3 heteroatoms. The van der Waals surface area contributed by atoms with Crippen molar-refractivity contribution in [3.63, 3.8) is 0 Å². The summed E-state index contributed by atoms with van der Waals surface area (Å²) >= 11 is 0. The van der Waals surface area contributed by atoms with Gasteiger partial charge < -0.3 is 4.98 Å². The Bertz CT molecular complexity index is 925. The maximum Gasteiger partial charge on any atom is 0.137 e. The highest BCUT2D eigenvalue weighted by Crippen LogP contribution is 2.30. The quantitative estimate of drug-likeness (QED) is 0.550. The SMILES string of the molecule is Fc1ccc(-c2c[nH]c3ncc(-c4ccccc4)cc23)cc1. The average molecular weight is 288 g/mol. The summed E-state index contributed by atoms with van der Waals surface area (Å²) in [5.41, 5.74) is 5.03. The fourth-order valence-corrected chi connectivity index (χ4v) is 2.66. The molecule has 2 nitrogen and oxygen atoms in total. The molecule has 4 aromatic rings. The minimum atomic E-state index is -0.230. The molecule has 0 fully saturated rings. The second kappa shape index (κ2) is 5.11. The van der Waals surface area contributed by atoms with Crippen molar-refractivity contribution in [2.75, 3.05) is 0 Å². The normalized spacial score (nSPS) is 11.0. The van der Waals surface area contributed by atoms with Gasteiger partial charge in [0.25, 0.3) is 0 Å². The van der Waals surface area contributed by atoms with Crippen LogP contribution in [-0.4, -0.2) is 9.97 Å². The first-order valence-corrected chi connectivity index (χ1v) is 7.10. The summed E-state index contributed by atoms with van der Waals surface area (Å²) in [5, 5.41) is 1.04. The van der Waals surface area contributed by atoms with E-state index in [0.29, 0.717) is 0 Å². The molecule has 106 valence electrons. The Morgan fingerprint density at radius 1 is 0.818 bits per heavy atom. The van der Waals surface area contributed by atoms with Crippen LogP contribution in [0.1, 0.15) is 0 Å². The Kier molecular flexibility index (Phi) is 2.97. The van der Waals surface area contributed by atoms with Crippen LogP contribution in [0.2, 0.25) is 0 Å². The van der Waals surface area contributed by atoms with Crippen molar-refractivity contribution in [1.82, 2.24) is 9.97 Å². The third kappa shape index (κ3) is 2.17. The molecule has 2 aromatic carbocycles. The highest BCUT2D eigenvalue weighted by molar-refractivity contribution is 5.95. The molecule has 0 unspecified atom stereocenters. The summed E-state index contributed by atoms with van der Waals surface area (Å²) in [7, 11) is 0. The third-order valence-electron chi connectivity index (χ3n) is 3.79. The number of aromatic amines is 1. The first-order valence-electron chi connectivity index (χ1n) is 7.10. The molecule has 0 saturated heterocycles. The van der Waals surface area contributed by atoms with E-state index in [9.17, 15) is 4.39 Å². The van der Waals surface area contributed by atoms with Gasteiger partial charge in [-0.15, -0.1) is 0 Å². The number of halogens is 1. The molecule has 0 bridgehead atoms. The number of nitrogens with one attached hydrogen (secondary N) is 1. The van der Waals surface area contributed by atoms with E-state index in [4.69, 9.17) is 0 Å². The molecule has 0 aliphatic carbocycles. The fraction of sp³-hybridized carbons (Fsp3) is 0. The van der Waals surface area contributed by atoms with Gasteiger partial charge in [0.2, 0.25) is 0 Å². The zero-order chi connectivity index (χ0) is 14.9. The number of nitrogens with zero attached hydrogens (tertiary/aromatic N) is 1. The molecule has 0 aliphatic rings. The molecule has 0 spiro atoms. The van der Waals surface area contributed by atoms with Crippen molar-refractivity contribution in [3.05, 3.63) is 78.9 Å². The molecular formula is C19H13FN2. The first kappa shape index (κ1) is 12.8. The van der Waals surface area contributed by atoms with Crippen LogP contribution in [0, 0.1) is 5.82 Å². The van der Waals surface area contributed by atoms with Gasteiger partial charge in [-0.25, -0.2) is 9.37 Å². The van der Waals surface area contributed by atoms with Crippen molar-refractivity contribution in [2.24, 2.45) is 0 Å². The number of fused-ring (bicyclic) bond motifs is 1. The smallest absolute Gasteiger partial charge is 0.137 e. The number of pyridine rings is 1. The Labute approximate surface area is 127 Å². The van der Waals surface area contributed by atoms with Gasteiger partial charge in [-0.2, -0.15) is 0 Å². The molecular weight excluding hydrogens is 275 g/mol. The zero-order valence-corrected chi connectivity index (χ0v) is 11.8. The lowest BCUT2D eigenvalue weighted by Crippen LogP contribution is -1.82. The number of benzene rings is 2. The van der Waals surface area contributed by atoms with Crippen molar-refractivity contribution >= 4 is 11.0 Å². The predicted molar refractivity (Wildman–Crippen MR) is 86.9 cm³/mol. The van der Waals surface area contributed by atoms with E-state index in [-0.39, 0.29) is 5.82 Å². The monoisotopic (exact) mass is 288 g/mol. The fourth-order valence-electron chi connectivity index (χ4n) is 2.66. The maximum absolute atomic E-state index is 13.1. The number of hydrogen-bond donors (Lipinski definition) is 1. The van der Waals surface area contributed by atoms with Crippen molar-refractivity contribution < 1.29 is 4.39 Å². The van der Waals surface area contributed by atoms with Crippen LogP contribution in [0.3, 0.4) is 0 Å². The summed E-state index contributed by atoms with van der Waals surface area (Å²) in [4.78, 5) is 7.67. The molecule has 0 amide bonds. The standard InChI is InChI=1S/C19H13FN2/c20-16-8-6-14(7-9-16)18-12-22-19-17(18)10-15(11-21-19)13-4-2-1-3-5-13/h1-12H,(H,21,22). The highest BCUT2D eigenvalue weighted by Gasteiger charge is 2.09. The summed E-state index contributed by atoms with van der Waals surface area (Å²) in [6, 6.07) is 18.8. The molecule has 22 heavy (non-hydrogen) atoms. The van der Waals surface area contributed by atoms with Crippen LogP contribution in [-0.2, 0) is 0 Å². The van der Waals surface area contributed by atoms with Crippen LogP contribution in [0.15, 0.2) is 73.1 Å². The minimum Gasteiger partial charge on any atom is -0.346 e. The number of H-pyrrole nitrogens is 1. The van der Waals surface area contributed by atoms with Gasteiger partial charge in [0, 0.05) is 28.9 Å². The molecule has 0 saturated carbocycles. The van der Waals surface area contributed by atoms with Gasteiger partial charge >= 0.3 is 0 Å². The van der Waals surface area contributed by atoms with Gasteiger partial charge in [0.15, 0.2) is 0 Å².